The summed E-state index contributed by atoms with van der Waals surface area (Å²) in [6.45, 7) is 0.315. The average Bonchev–Trinajstić information content (AvgIpc) is 2.47. The average molecular weight is 339 g/mol. The maximum Gasteiger partial charge on any atom is 0.338 e. The number of benzene rings is 2. The molecule has 8 heteroatoms. The molecule has 0 spiro atoms. The van der Waals surface area contributed by atoms with Crippen LogP contribution in [0.4, 0.5) is 10.1 Å². The first-order valence-corrected chi connectivity index (χ1v) is 7.95. The van der Waals surface area contributed by atoms with Gasteiger partial charge in [-0.1, -0.05) is 12.1 Å². The minimum atomic E-state index is -4.04. The van der Waals surface area contributed by atoms with Crippen molar-refractivity contribution in [2.45, 2.75) is 11.5 Å². The van der Waals surface area contributed by atoms with Gasteiger partial charge >= 0.3 is 5.97 Å². The van der Waals surface area contributed by atoms with Gasteiger partial charge in [0.15, 0.2) is 0 Å². The fraction of sp³-hybridized carbons (Fsp3) is 0.133. The fourth-order valence-electron chi connectivity index (χ4n) is 1.94. The highest BCUT2D eigenvalue weighted by molar-refractivity contribution is 7.92. The van der Waals surface area contributed by atoms with Crippen LogP contribution in [-0.2, 0) is 21.4 Å². The number of methoxy groups -OCH3 is 1. The van der Waals surface area contributed by atoms with Crippen LogP contribution in [-0.4, -0.2) is 26.6 Å². The molecule has 23 heavy (non-hydrogen) atoms. The summed E-state index contributed by atoms with van der Waals surface area (Å²) < 4.78 is 45.3. The number of carboxylic acid groups (broad SMARTS) is 1. The summed E-state index contributed by atoms with van der Waals surface area (Å²) >= 11 is 0. The second kappa shape index (κ2) is 6.76. The number of carboxylic acids is 1. The van der Waals surface area contributed by atoms with Crippen molar-refractivity contribution in [1.29, 1.82) is 0 Å². The molecule has 0 saturated heterocycles. The normalized spacial score (nSPS) is 11.2. The SMILES string of the molecule is COCc1cccc(NS(=O)(=O)c2ccc(F)c(C(=O)O)c2)c1. The third-order valence-electron chi connectivity index (χ3n) is 2.97. The van der Waals surface area contributed by atoms with Crippen LogP contribution in [0.5, 0.6) is 0 Å². The van der Waals surface area contributed by atoms with Gasteiger partial charge in [-0.3, -0.25) is 4.72 Å². The monoisotopic (exact) mass is 339 g/mol. The third kappa shape index (κ3) is 4.05. The van der Waals surface area contributed by atoms with Crippen molar-refractivity contribution in [2.24, 2.45) is 0 Å². The lowest BCUT2D eigenvalue weighted by Gasteiger charge is -2.10. The molecule has 0 amide bonds. The van der Waals surface area contributed by atoms with Crippen LogP contribution in [0.15, 0.2) is 47.4 Å². The van der Waals surface area contributed by atoms with E-state index in [1.165, 1.54) is 7.11 Å². The highest BCUT2D eigenvalue weighted by atomic mass is 32.2. The Kier molecular flexibility index (Phi) is 4.97. The van der Waals surface area contributed by atoms with E-state index >= 15 is 0 Å². The lowest BCUT2D eigenvalue weighted by Crippen LogP contribution is -2.14. The number of nitrogens with one attached hydrogen (secondary N) is 1. The maximum absolute atomic E-state index is 13.4. The molecule has 2 aromatic rings. The molecule has 2 rings (SSSR count). The summed E-state index contributed by atoms with van der Waals surface area (Å²) in [6.07, 6.45) is 0. The molecule has 122 valence electrons. The number of hydrogen-bond donors (Lipinski definition) is 2. The number of hydrogen-bond acceptors (Lipinski definition) is 4. The number of anilines is 1. The van der Waals surface area contributed by atoms with E-state index in [-0.39, 0.29) is 4.90 Å². The number of ether oxygens (including phenoxy) is 1. The van der Waals surface area contributed by atoms with Gasteiger partial charge in [0.1, 0.15) is 5.82 Å². The van der Waals surface area contributed by atoms with E-state index in [1.807, 2.05) is 0 Å². The lowest BCUT2D eigenvalue weighted by atomic mass is 10.2. The molecule has 0 aliphatic heterocycles. The minimum Gasteiger partial charge on any atom is -0.478 e. The number of aromatic carboxylic acids is 1. The van der Waals surface area contributed by atoms with Gasteiger partial charge in [-0.15, -0.1) is 0 Å². The van der Waals surface area contributed by atoms with Gasteiger partial charge in [0.05, 0.1) is 17.1 Å². The van der Waals surface area contributed by atoms with Crippen LogP contribution in [0, 0.1) is 5.82 Å². The van der Waals surface area contributed by atoms with E-state index < -0.39 is 27.4 Å². The number of carbonyl (C=O) groups is 1. The molecular weight excluding hydrogens is 325 g/mol. The second-order valence-electron chi connectivity index (χ2n) is 4.69. The Balaban J connectivity index is 2.34. The smallest absolute Gasteiger partial charge is 0.338 e. The van der Waals surface area contributed by atoms with Crippen molar-refractivity contribution < 1.29 is 27.4 Å². The van der Waals surface area contributed by atoms with Crippen molar-refractivity contribution in [3.05, 3.63) is 59.4 Å². The zero-order valence-corrected chi connectivity index (χ0v) is 12.9. The molecule has 0 aromatic heterocycles. The van der Waals surface area contributed by atoms with Crippen molar-refractivity contribution in [3.63, 3.8) is 0 Å². The van der Waals surface area contributed by atoms with Gasteiger partial charge in [0.25, 0.3) is 10.0 Å². The topological polar surface area (TPSA) is 92.7 Å². The van der Waals surface area contributed by atoms with E-state index in [2.05, 4.69) is 4.72 Å². The molecule has 0 saturated carbocycles. The van der Waals surface area contributed by atoms with Crippen LogP contribution in [0.25, 0.3) is 0 Å². The molecule has 6 nitrogen and oxygen atoms in total. The molecular formula is C15H14FNO5S. The molecule has 0 heterocycles. The van der Waals surface area contributed by atoms with Crippen molar-refractivity contribution in [3.8, 4) is 0 Å². The van der Waals surface area contributed by atoms with Gasteiger partial charge < -0.3 is 9.84 Å². The van der Waals surface area contributed by atoms with E-state index in [4.69, 9.17) is 9.84 Å². The van der Waals surface area contributed by atoms with Crippen LogP contribution < -0.4 is 4.72 Å². The maximum atomic E-state index is 13.4. The van der Waals surface area contributed by atoms with Gasteiger partial charge in [0.2, 0.25) is 0 Å². The summed E-state index contributed by atoms with van der Waals surface area (Å²) in [5.41, 5.74) is 0.347. The molecule has 2 N–H and O–H groups in total. The summed E-state index contributed by atoms with van der Waals surface area (Å²) in [7, 11) is -2.52. The molecule has 0 bridgehead atoms. The predicted octanol–water partition coefficient (Wildman–Crippen LogP) is 2.47. The Morgan fingerprint density at radius 2 is 2.00 bits per heavy atom. The molecule has 0 radical (unpaired) electrons. The van der Waals surface area contributed by atoms with Crippen LogP contribution in [0.1, 0.15) is 15.9 Å². The van der Waals surface area contributed by atoms with E-state index in [0.29, 0.717) is 12.3 Å². The van der Waals surface area contributed by atoms with Crippen LogP contribution in [0.3, 0.4) is 0 Å². The summed E-state index contributed by atoms with van der Waals surface area (Å²) in [5.74, 6) is -2.54. The quantitative estimate of drug-likeness (QED) is 0.843. The fourth-order valence-corrected chi connectivity index (χ4v) is 3.02. The highest BCUT2D eigenvalue weighted by Gasteiger charge is 2.19. The first-order valence-electron chi connectivity index (χ1n) is 6.47. The summed E-state index contributed by atoms with van der Waals surface area (Å²) in [5, 5.41) is 8.87. The van der Waals surface area contributed by atoms with Crippen molar-refractivity contribution >= 4 is 21.7 Å². The zero-order chi connectivity index (χ0) is 17.0. The minimum absolute atomic E-state index is 0.292. The van der Waals surface area contributed by atoms with Crippen molar-refractivity contribution in [2.75, 3.05) is 11.8 Å². The Morgan fingerprint density at radius 1 is 1.26 bits per heavy atom. The zero-order valence-electron chi connectivity index (χ0n) is 12.1. The van der Waals surface area contributed by atoms with Gasteiger partial charge in [-0.2, -0.15) is 0 Å². The Labute approximate surface area is 132 Å². The van der Waals surface area contributed by atoms with Gasteiger partial charge in [0, 0.05) is 12.8 Å². The highest BCUT2D eigenvalue weighted by Crippen LogP contribution is 2.20. The largest absolute Gasteiger partial charge is 0.478 e. The van der Waals surface area contributed by atoms with Crippen molar-refractivity contribution in [1.82, 2.24) is 0 Å². The number of halogens is 1. The van der Waals surface area contributed by atoms with Crippen LogP contribution >= 0.6 is 0 Å². The van der Waals surface area contributed by atoms with E-state index in [1.54, 1.807) is 24.3 Å². The predicted molar refractivity (Wildman–Crippen MR) is 81.3 cm³/mol. The molecule has 0 atom stereocenters. The number of rotatable bonds is 6. The van der Waals surface area contributed by atoms with Crippen LogP contribution in [0.2, 0.25) is 0 Å². The summed E-state index contributed by atoms with van der Waals surface area (Å²) in [4.78, 5) is 10.6. The summed E-state index contributed by atoms with van der Waals surface area (Å²) in [6, 6.07) is 9.13. The van der Waals surface area contributed by atoms with E-state index in [9.17, 15) is 17.6 Å². The van der Waals surface area contributed by atoms with Gasteiger partial charge in [-0.25, -0.2) is 17.6 Å². The Bertz CT molecular complexity index is 836. The molecule has 0 unspecified atom stereocenters. The Morgan fingerprint density at radius 3 is 2.65 bits per heavy atom. The second-order valence-corrected chi connectivity index (χ2v) is 6.37. The molecule has 0 aliphatic rings. The third-order valence-corrected chi connectivity index (χ3v) is 4.35. The molecule has 0 aliphatic carbocycles. The first kappa shape index (κ1) is 16.9. The van der Waals surface area contributed by atoms with Gasteiger partial charge in [-0.05, 0) is 35.9 Å². The standard InChI is InChI=1S/C15H14FNO5S/c1-22-9-10-3-2-4-11(7-10)17-23(20,21)12-5-6-14(16)13(8-12)15(18)19/h2-8,17H,9H2,1H3,(H,18,19). The van der Waals surface area contributed by atoms with E-state index in [0.717, 1.165) is 23.8 Å². The molecule has 0 fully saturated rings. The number of sulfonamides is 1. The lowest BCUT2D eigenvalue weighted by molar-refractivity contribution is 0.0691. The Hall–Kier alpha value is -2.45. The first-order chi connectivity index (χ1) is 10.8. The molecule has 2 aromatic carbocycles.